The van der Waals surface area contributed by atoms with Gasteiger partial charge in [-0.2, -0.15) is 11.8 Å². The van der Waals surface area contributed by atoms with Gasteiger partial charge in [0.1, 0.15) is 0 Å². The van der Waals surface area contributed by atoms with Crippen molar-refractivity contribution in [3.8, 4) is 0 Å². The van der Waals surface area contributed by atoms with E-state index >= 15 is 0 Å². The minimum Gasteiger partial charge on any atom is -0.481 e. The number of unbranched alkanes of at least 4 members (excludes halogenated alkanes) is 1. The number of carbonyl (C=O) groups excluding carboxylic acids is 2. The van der Waals surface area contributed by atoms with E-state index in [4.69, 9.17) is 24.1 Å². The number of ether oxygens (including phenoxy) is 4. The zero-order valence-corrected chi connectivity index (χ0v) is 20.1. The first-order valence-electron chi connectivity index (χ1n) is 11.8. The molecule has 2 aliphatic rings. The topological polar surface area (TPSA) is 132 Å². The quantitative estimate of drug-likeness (QED) is 0.212. The molecule has 0 radical (unpaired) electrons. The minimum atomic E-state index is -0.876. The lowest BCUT2D eigenvalue weighted by atomic mass is 9.97. The van der Waals surface area contributed by atoms with Gasteiger partial charge in [-0.3, -0.25) is 14.4 Å². The number of hydrogen-bond donors (Lipinski definition) is 3. The predicted molar refractivity (Wildman–Crippen MR) is 123 cm³/mol. The van der Waals surface area contributed by atoms with E-state index in [2.05, 4.69) is 10.6 Å². The smallest absolute Gasteiger partial charge is 0.305 e. The second-order valence-electron chi connectivity index (χ2n) is 8.12. The highest BCUT2D eigenvalue weighted by atomic mass is 32.2. The minimum absolute atomic E-state index is 0.00389. The van der Waals surface area contributed by atoms with E-state index < -0.39 is 5.97 Å². The van der Waals surface area contributed by atoms with Gasteiger partial charge in [0.05, 0.1) is 59.3 Å². The Labute approximate surface area is 199 Å². The molecular weight excluding hydrogens is 452 g/mol. The van der Waals surface area contributed by atoms with Crippen LogP contribution in [-0.4, -0.2) is 99.3 Å². The number of rotatable bonds is 20. The molecule has 11 heteroatoms. The molecule has 190 valence electrons. The molecule has 3 atom stereocenters. The molecule has 0 bridgehead atoms. The molecule has 3 N–H and O–H groups in total. The molecule has 2 saturated heterocycles. The second-order valence-corrected chi connectivity index (χ2v) is 9.39. The van der Waals surface area contributed by atoms with Gasteiger partial charge in [0, 0.05) is 30.7 Å². The van der Waals surface area contributed by atoms with Crippen molar-refractivity contribution in [2.24, 2.45) is 5.92 Å². The molecule has 0 saturated carbocycles. The van der Waals surface area contributed by atoms with Gasteiger partial charge in [0.25, 0.3) is 0 Å². The summed E-state index contributed by atoms with van der Waals surface area (Å²) in [7, 11) is 0. The molecule has 0 aliphatic carbocycles. The molecule has 2 amide bonds. The lowest BCUT2D eigenvalue weighted by Gasteiger charge is -2.17. The molecule has 0 spiro atoms. The van der Waals surface area contributed by atoms with Crippen LogP contribution >= 0.6 is 11.8 Å². The summed E-state index contributed by atoms with van der Waals surface area (Å²) in [4.78, 5) is 33.7. The van der Waals surface area contributed by atoms with Crippen molar-refractivity contribution in [3.05, 3.63) is 0 Å². The zero-order valence-electron chi connectivity index (χ0n) is 19.3. The Morgan fingerprint density at radius 2 is 1.58 bits per heavy atom. The fourth-order valence-electron chi connectivity index (χ4n) is 3.80. The number of carboxylic acid groups (broad SMARTS) is 1. The zero-order chi connectivity index (χ0) is 23.7. The van der Waals surface area contributed by atoms with Crippen LogP contribution in [0.15, 0.2) is 0 Å². The van der Waals surface area contributed by atoms with Gasteiger partial charge in [-0.05, 0) is 24.5 Å². The number of aliphatic carboxylic acids is 1. The number of hydrogen-bond acceptors (Lipinski definition) is 8. The van der Waals surface area contributed by atoms with E-state index in [1.165, 1.54) is 0 Å². The number of carboxylic acids is 1. The Morgan fingerprint density at radius 1 is 0.939 bits per heavy atom. The van der Waals surface area contributed by atoms with Crippen molar-refractivity contribution in [3.63, 3.8) is 0 Å². The summed E-state index contributed by atoms with van der Waals surface area (Å²) in [5.41, 5.74) is 0. The first kappa shape index (κ1) is 27.8. The SMILES string of the molecule is O=C(O)CCOCCOCCOCCOCCNC(=O)CCCCC1SCC2CC(=O)NC21. The van der Waals surface area contributed by atoms with E-state index in [0.29, 0.717) is 82.8 Å². The van der Waals surface area contributed by atoms with E-state index in [-0.39, 0.29) is 24.8 Å². The first-order chi connectivity index (χ1) is 16.1. The first-order valence-corrected chi connectivity index (χ1v) is 12.8. The molecule has 2 fully saturated rings. The summed E-state index contributed by atoms with van der Waals surface area (Å²) in [6.07, 6.45) is 4.10. The van der Waals surface area contributed by atoms with Crippen LogP contribution in [0.3, 0.4) is 0 Å². The molecule has 2 rings (SSSR count). The van der Waals surface area contributed by atoms with Crippen LogP contribution in [0.1, 0.15) is 38.5 Å². The van der Waals surface area contributed by atoms with Gasteiger partial charge in [0.15, 0.2) is 0 Å². The van der Waals surface area contributed by atoms with Crippen molar-refractivity contribution in [1.29, 1.82) is 0 Å². The number of fused-ring (bicyclic) bond motifs is 1. The Hall–Kier alpha value is -1.40. The third-order valence-electron chi connectivity index (χ3n) is 5.50. The van der Waals surface area contributed by atoms with Crippen LogP contribution in [0, 0.1) is 5.92 Å². The van der Waals surface area contributed by atoms with Crippen molar-refractivity contribution < 1.29 is 38.4 Å². The maximum absolute atomic E-state index is 11.9. The van der Waals surface area contributed by atoms with Crippen molar-refractivity contribution in [2.75, 3.05) is 65.2 Å². The largest absolute Gasteiger partial charge is 0.481 e. The highest BCUT2D eigenvalue weighted by Crippen LogP contribution is 2.39. The molecule has 3 unspecified atom stereocenters. The van der Waals surface area contributed by atoms with Crippen LogP contribution in [-0.2, 0) is 33.3 Å². The Bertz CT molecular complexity index is 595. The van der Waals surface area contributed by atoms with Gasteiger partial charge in [-0.1, -0.05) is 6.42 Å². The van der Waals surface area contributed by atoms with Crippen LogP contribution in [0.25, 0.3) is 0 Å². The molecule has 0 aromatic heterocycles. The molecule has 2 aliphatic heterocycles. The highest BCUT2D eigenvalue weighted by Gasteiger charge is 2.42. The van der Waals surface area contributed by atoms with Gasteiger partial charge in [0.2, 0.25) is 11.8 Å². The Kier molecular flexibility index (Phi) is 14.4. The summed E-state index contributed by atoms with van der Waals surface area (Å²) in [6.45, 7) is 3.67. The Morgan fingerprint density at radius 3 is 2.24 bits per heavy atom. The van der Waals surface area contributed by atoms with Gasteiger partial charge < -0.3 is 34.7 Å². The lowest BCUT2D eigenvalue weighted by molar-refractivity contribution is -0.138. The summed E-state index contributed by atoms with van der Waals surface area (Å²) in [5, 5.41) is 14.9. The van der Waals surface area contributed by atoms with Crippen molar-refractivity contribution in [2.45, 2.75) is 49.8 Å². The third kappa shape index (κ3) is 12.6. The van der Waals surface area contributed by atoms with E-state index in [9.17, 15) is 14.4 Å². The van der Waals surface area contributed by atoms with E-state index in [0.717, 1.165) is 25.0 Å². The van der Waals surface area contributed by atoms with Crippen LogP contribution in [0.2, 0.25) is 0 Å². The second kappa shape index (κ2) is 17.1. The molecule has 2 heterocycles. The Balaban J connectivity index is 1.28. The van der Waals surface area contributed by atoms with E-state index in [1.54, 1.807) is 0 Å². The highest BCUT2D eigenvalue weighted by molar-refractivity contribution is 8.00. The third-order valence-corrected chi connectivity index (χ3v) is 7.07. The molecule has 0 aromatic rings. The number of carbonyl (C=O) groups is 3. The predicted octanol–water partition coefficient (Wildman–Crippen LogP) is 0.824. The standard InChI is InChI=1S/C22H38N2O8S/c25-19(4-2-1-3-18-22-17(16-33-18)15-20(26)24-22)23-6-8-30-10-12-32-14-13-31-11-9-29-7-5-21(27)28/h17-18,22H,1-16H2,(H,23,25)(H,24,26)(H,27,28). The van der Waals surface area contributed by atoms with Crippen molar-refractivity contribution >= 4 is 29.5 Å². The monoisotopic (exact) mass is 490 g/mol. The number of thioether (sulfide) groups is 1. The molecule has 33 heavy (non-hydrogen) atoms. The van der Waals surface area contributed by atoms with E-state index in [1.807, 2.05) is 11.8 Å². The summed E-state index contributed by atoms with van der Waals surface area (Å²) < 4.78 is 21.2. The molecular formula is C22H38N2O8S. The molecule has 0 aromatic carbocycles. The fraction of sp³-hybridized carbons (Fsp3) is 0.864. The average Bonchev–Trinajstić information content (AvgIpc) is 3.33. The lowest BCUT2D eigenvalue weighted by Crippen LogP contribution is -2.34. The van der Waals surface area contributed by atoms with Crippen LogP contribution in [0.4, 0.5) is 0 Å². The summed E-state index contributed by atoms with van der Waals surface area (Å²) in [6, 6.07) is 0.335. The maximum atomic E-state index is 11.9. The fourth-order valence-corrected chi connectivity index (χ4v) is 5.45. The van der Waals surface area contributed by atoms with Gasteiger partial charge in [-0.25, -0.2) is 0 Å². The average molecular weight is 491 g/mol. The van der Waals surface area contributed by atoms with Gasteiger partial charge in [-0.15, -0.1) is 0 Å². The summed E-state index contributed by atoms with van der Waals surface area (Å²) >= 11 is 1.96. The van der Waals surface area contributed by atoms with Crippen LogP contribution in [0.5, 0.6) is 0 Å². The molecule has 10 nitrogen and oxygen atoms in total. The number of amides is 2. The maximum Gasteiger partial charge on any atom is 0.305 e. The normalized spacial score (nSPS) is 21.7. The van der Waals surface area contributed by atoms with Gasteiger partial charge >= 0.3 is 5.97 Å². The number of nitrogens with one attached hydrogen (secondary N) is 2. The van der Waals surface area contributed by atoms with Crippen LogP contribution < -0.4 is 10.6 Å². The van der Waals surface area contributed by atoms with Crippen molar-refractivity contribution in [1.82, 2.24) is 10.6 Å². The summed E-state index contributed by atoms with van der Waals surface area (Å²) in [5.74, 6) is 0.924.